The average Bonchev–Trinajstić information content (AvgIpc) is 2.38. The lowest BCUT2D eigenvalue weighted by molar-refractivity contribution is -0.124. The Morgan fingerprint density at radius 3 is 2.71 bits per heavy atom. The molecule has 2 unspecified atom stereocenters. The van der Waals surface area contributed by atoms with E-state index in [0.717, 1.165) is 38.8 Å². The maximum atomic E-state index is 11.8. The van der Waals surface area contributed by atoms with Crippen LogP contribution in [0.5, 0.6) is 0 Å². The van der Waals surface area contributed by atoms with Crippen LogP contribution in [0, 0.1) is 0 Å². The van der Waals surface area contributed by atoms with Crippen LogP contribution in [-0.2, 0) is 9.53 Å². The van der Waals surface area contributed by atoms with E-state index in [4.69, 9.17) is 4.74 Å². The van der Waals surface area contributed by atoms with Gasteiger partial charge in [-0.05, 0) is 38.6 Å². The quantitative estimate of drug-likeness (QED) is 0.805. The van der Waals surface area contributed by atoms with E-state index in [1.807, 2.05) is 0 Å². The molecule has 0 bridgehead atoms. The van der Waals surface area contributed by atoms with Crippen LogP contribution in [-0.4, -0.2) is 37.7 Å². The first kappa shape index (κ1) is 14.7. The second-order valence-corrected chi connectivity index (χ2v) is 4.74. The minimum absolute atomic E-state index is 0. The molecule has 2 rings (SSSR count). The van der Waals surface area contributed by atoms with Crippen molar-refractivity contribution in [2.24, 2.45) is 0 Å². The number of hydrogen-bond donors (Lipinski definition) is 2. The van der Waals surface area contributed by atoms with E-state index in [0.29, 0.717) is 6.54 Å². The number of amides is 1. The number of carbonyl (C=O) groups is 1. The Bertz CT molecular complexity index is 227. The highest BCUT2D eigenvalue weighted by molar-refractivity contribution is 5.85. The highest BCUT2D eigenvalue weighted by Gasteiger charge is 2.21. The molecule has 17 heavy (non-hydrogen) atoms. The number of halogens is 1. The standard InChI is InChI=1S/C12H22N2O2.ClH/c15-12(11-6-1-3-7-13-11)14-9-10-5-2-4-8-16-10;/h10-11,13H,1-9H2,(H,14,15);1H. The molecule has 0 aromatic rings. The summed E-state index contributed by atoms with van der Waals surface area (Å²) in [7, 11) is 0. The van der Waals surface area contributed by atoms with Crippen LogP contribution in [0.1, 0.15) is 38.5 Å². The van der Waals surface area contributed by atoms with Gasteiger partial charge in [0.2, 0.25) is 5.91 Å². The van der Waals surface area contributed by atoms with Crippen molar-refractivity contribution in [2.45, 2.75) is 50.7 Å². The fourth-order valence-electron chi connectivity index (χ4n) is 2.38. The van der Waals surface area contributed by atoms with Crippen molar-refractivity contribution in [3.8, 4) is 0 Å². The average molecular weight is 263 g/mol. The van der Waals surface area contributed by atoms with Crippen molar-refractivity contribution in [2.75, 3.05) is 19.7 Å². The lowest BCUT2D eigenvalue weighted by Crippen LogP contribution is -2.48. The number of hydrogen-bond acceptors (Lipinski definition) is 3. The lowest BCUT2D eigenvalue weighted by atomic mass is 10.0. The Morgan fingerprint density at radius 1 is 1.24 bits per heavy atom. The summed E-state index contributed by atoms with van der Waals surface area (Å²) in [6, 6.07) is 0.0253. The van der Waals surface area contributed by atoms with E-state index >= 15 is 0 Å². The number of nitrogens with one attached hydrogen (secondary N) is 2. The molecular weight excluding hydrogens is 240 g/mol. The Kier molecular flexibility index (Phi) is 6.85. The zero-order valence-corrected chi connectivity index (χ0v) is 11.1. The molecule has 0 spiro atoms. The van der Waals surface area contributed by atoms with Gasteiger partial charge in [0.1, 0.15) is 0 Å². The van der Waals surface area contributed by atoms with Crippen molar-refractivity contribution < 1.29 is 9.53 Å². The van der Waals surface area contributed by atoms with Crippen molar-refractivity contribution in [1.29, 1.82) is 0 Å². The van der Waals surface area contributed by atoms with E-state index in [2.05, 4.69) is 10.6 Å². The Hall–Kier alpha value is -0.320. The molecule has 4 nitrogen and oxygen atoms in total. The third-order valence-corrected chi connectivity index (χ3v) is 3.40. The molecule has 0 saturated carbocycles. The second kappa shape index (κ2) is 7.90. The number of rotatable bonds is 3. The maximum absolute atomic E-state index is 11.8. The third kappa shape index (κ3) is 4.82. The molecule has 0 aliphatic carbocycles. The van der Waals surface area contributed by atoms with Gasteiger partial charge in [0.15, 0.2) is 0 Å². The van der Waals surface area contributed by atoms with Crippen LogP contribution in [0.25, 0.3) is 0 Å². The third-order valence-electron chi connectivity index (χ3n) is 3.40. The zero-order valence-electron chi connectivity index (χ0n) is 10.2. The number of carbonyl (C=O) groups excluding carboxylic acids is 1. The van der Waals surface area contributed by atoms with Gasteiger partial charge in [0, 0.05) is 13.2 Å². The van der Waals surface area contributed by atoms with Crippen LogP contribution < -0.4 is 10.6 Å². The van der Waals surface area contributed by atoms with E-state index in [9.17, 15) is 4.79 Å². The molecule has 2 N–H and O–H groups in total. The van der Waals surface area contributed by atoms with Gasteiger partial charge < -0.3 is 15.4 Å². The number of ether oxygens (including phenoxy) is 1. The van der Waals surface area contributed by atoms with Crippen molar-refractivity contribution in [3.63, 3.8) is 0 Å². The fourth-order valence-corrected chi connectivity index (χ4v) is 2.38. The van der Waals surface area contributed by atoms with Gasteiger partial charge in [-0.3, -0.25) is 4.79 Å². The first-order chi connectivity index (χ1) is 7.86. The Balaban J connectivity index is 0.00000144. The molecular formula is C12H23ClN2O2. The molecule has 2 heterocycles. The van der Waals surface area contributed by atoms with E-state index in [1.54, 1.807) is 0 Å². The summed E-state index contributed by atoms with van der Waals surface area (Å²) in [5.41, 5.74) is 0. The molecule has 2 atom stereocenters. The van der Waals surface area contributed by atoms with Gasteiger partial charge in [-0.2, -0.15) is 0 Å². The first-order valence-electron chi connectivity index (χ1n) is 6.49. The molecule has 0 radical (unpaired) electrons. The largest absolute Gasteiger partial charge is 0.376 e. The SMILES string of the molecule is Cl.O=C(NCC1CCCCO1)C1CCCCN1. The minimum atomic E-state index is 0. The zero-order chi connectivity index (χ0) is 11.2. The second-order valence-electron chi connectivity index (χ2n) is 4.74. The normalized spacial score (nSPS) is 29.2. The van der Waals surface area contributed by atoms with E-state index in [1.165, 1.54) is 12.8 Å². The van der Waals surface area contributed by atoms with Gasteiger partial charge >= 0.3 is 0 Å². The fraction of sp³-hybridized carbons (Fsp3) is 0.917. The smallest absolute Gasteiger partial charge is 0.237 e. The van der Waals surface area contributed by atoms with Crippen molar-refractivity contribution in [1.82, 2.24) is 10.6 Å². The van der Waals surface area contributed by atoms with Crippen molar-refractivity contribution in [3.05, 3.63) is 0 Å². The van der Waals surface area contributed by atoms with Crippen LogP contribution in [0.2, 0.25) is 0 Å². The maximum Gasteiger partial charge on any atom is 0.237 e. The molecule has 2 fully saturated rings. The monoisotopic (exact) mass is 262 g/mol. The summed E-state index contributed by atoms with van der Waals surface area (Å²) >= 11 is 0. The van der Waals surface area contributed by atoms with E-state index < -0.39 is 0 Å². The van der Waals surface area contributed by atoms with Crippen LogP contribution in [0.4, 0.5) is 0 Å². The van der Waals surface area contributed by atoms with Crippen LogP contribution >= 0.6 is 12.4 Å². The summed E-state index contributed by atoms with van der Waals surface area (Å²) in [6.07, 6.45) is 7.02. The summed E-state index contributed by atoms with van der Waals surface area (Å²) in [4.78, 5) is 11.8. The van der Waals surface area contributed by atoms with Gasteiger partial charge in [-0.1, -0.05) is 6.42 Å². The highest BCUT2D eigenvalue weighted by Crippen LogP contribution is 2.12. The van der Waals surface area contributed by atoms with E-state index in [-0.39, 0.29) is 30.5 Å². The van der Waals surface area contributed by atoms with Crippen LogP contribution in [0.15, 0.2) is 0 Å². The minimum Gasteiger partial charge on any atom is -0.376 e. The topological polar surface area (TPSA) is 50.4 Å². The highest BCUT2D eigenvalue weighted by atomic mass is 35.5. The Labute approximate surface area is 109 Å². The molecule has 5 heteroatoms. The molecule has 2 aliphatic rings. The predicted octanol–water partition coefficient (Wildman–Crippen LogP) is 1.24. The molecule has 2 saturated heterocycles. The van der Waals surface area contributed by atoms with Crippen LogP contribution in [0.3, 0.4) is 0 Å². The first-order valence-corrected chi connectivity index (χ1v) is 6.49. The van der Waals surface area contributed by atoms with Gasteiger partial charge in [0.05, 0.1) is 12.1 Å². The summed E-state index contributed by atoms with van der Waals surface area (Å²) in [6.45, 7) is 2.50. The summed E-state index contributed by atoms with van der Waals surface area (Å²) in [5, 5.41) is 6.25. The van der Waals surface area contributed by atoms with Gasteiger partial charge in [-0.25, -0.2) is 0 Å². The molecule has 0 aromatic heterocycles. The molecule has 100 valence electrons. The summed E-state index contributed by atoms with van der Waals surface area (Å²) in [5.74, 6) is 0.147. The lowest BCUT2D eigenvalue weighted by Gasteiger charge is -2.26. The summed E-state index contributed by atoms with van der Waals surface area (Å²) < 4.78 is 5.58. The number of piperidine rings is 1. The predicted molar refractivity (Wildman–Crippen MR) is 69.5 cm³/mol. The molecule has 2 aliphatic heterocycles. The van der Waals surface area contributed by atoms with Gasteiger partial charge in [-0.15, -0.1) is 12.4 Å². The molecule has 0 aromatic carbocycles. The Morgan fingerprint density at radius 2 is 2.06 bits per heavy atom. The van der Waals surface area contributed by atoms with Gasteiger partial charge in [0.25, 0.3) is 0 Å². The van der Waals surface area contributed by atoms with Crippen molar-refractivity contribution >= 4 is 18.3 Å². The molecule has 1 amide bonds.